The molecule has 1 saturated heterocycles. The molecule has 2 N–H and O–H groups in total. The van der Waals surface area contributed by atoms with Crippen LogP contribution >= 0.6 is 0 Å². The van der Waals surface area contributed by atoms with E-state index in [0.717, 1.165) is 47.8 Å². The minimum atomic E-state index is -0.316. The number of piperidine rings is 1. The fraction of sp³-hybridized carbons (Fsp3) is 0.526. The van der Waals surface area contributed by atoms with E-state index < -0.39 is 0 Å². The molecule has 1 fully saturated rings. The number of aryl methyl sites for hydroxylation is 2. The predicted octanol–water partition coefficient (Wildman–Crippen LogP) is 1.90. The van der Waals surface area contributed by atoms with Gasteiger partial charge in [0.05, 0.1) is 11.8 Å². The van der Waals surface area contributed by atoms with Crippen LogP contribution in [0.4, 0.5) is 5.82 Å². The van der Waals surface area contributed by atoms with Crippen molar-refractivity contribution in [2.45, 2.75) is 52.2 Å². The Morgan fingerprint density at radius 1 is 1.46 bits per heavy atom. The fourth-order valence-electron chi connectivity index (χ4n) is 3.38. The zero-order valence-electron chi connectivity index (χ0n) is 15.4. The Labute approximate surface area is 153 Å². The topological polar surface area (TPSA) is 91.5 Å². The van der Waals surface area contributed by atoms with Gasteiger partial charge in [-0.05, 0) is 39.2 Å². The van der Waals surface area contributed by atoms with Gasteiger partial charge in [-0.25, -0.2) is 4.98 Å². The molecule has 3 heterocycles. The van der Waals surface area contributed by atoms with E-state index in [0.29, 0.717) is 25.9 Å². The number of carbonyl (C=O) groups is 1. The number of rotatable bonds is 6. The summed E-state index contributed by atoms with van der Waals surface area (Å²) in [6, 6.07) is 3.84. The predicted molar refractivity (Wildman–Crippen MR) is 97.8 cm³/mol. The minimum absolute atomic E-state index is 0.0153. The molecule has 1 aliphatic rings. The summed E-state index contributed by atoms with van der Waals surface area (Å²) in [4.78, 5) is 18.8. The molecular weight excluding hydrogens is 332 g/mol. The highest BCUT2D eigenvalue weighted by molar-refractivity contribution is 5.76. The Kier molecular flexibility index (Phi) is 5.88. The normalized spacial score (nSPS) is 17.3. The van der Waals surface area contributed by atoms with E-state index in [-0.39, 0.29) is 12.0 Å². The maximum Gasteiger partial charge on any atom is 0.220 e. The summed E-state index contributed by atoms with van der Waals surface area (Å²) < 4.78 is 5.13. The molecule has 26 heavy (non-hydrogen) atoms. The van der Waals surface area contributed by atoms with Crippen LogP contribution in [0.25, 0.3) is 0 Å². The van der Waals surface area contributed by atoms with Gasteiger partial charge in [0.25, 0.3) is 0 Å². The minimum Gasteiger partial charge on any atom is -0.391 e. The number of nitrogens with zero attached hydrogens (tertiary/aromatic N) is 3. The number of hydrogen-bond donors (Lipinski definition) is 2. The molecule has 1 aliphatic heterocycles. The molecular formula is C19H26N4O3. The number of anilines is 1. The number of β-amino-alcohol motifs (C(OH)–C–C–N with tert-alkyl or cyclic N) is 1. The number of aromatic nitrogens is 2. The number of pyridine rings is 1. The molecule has 2 aromatic rings. The van der Waals surface area contributed by atoms with E-state index >= 15 is 0 Å². The fourth-order valence-corrected chi connectivity index (χ4v) is 3.38. The molecule has 0 bridgehead atoms. The van der Waals surface area contributed by atoms with Crippen LogP contribution in [0.1, 0.15) is 41.8 Å². The third-order valence-electron chi connectivity index (χ3n) is 4.82. The smallest absolute Gasteiger partial charge is 0.220 e. The van der Waals surface area contributed by atoms with Crippen LogP contribution in [0.15, 0.2) is 22.9 Å². The second-order valence-electron chi connectivity index (χ2n) is 6.81. The average molecular weight is 358 g/mol. The lowest BCUT2D eigenvalue weighted by Crippen LogP contribution is -2.39. The zero-order chi connectivity index (χ0) is 18.5. The summed E-state index contributed by atoms with van der Waals surface area (Å²) in [5.41, 5.74) is 2.81. The van der Waals surface area contributed by atoms with Gasteiger partial charge in [0.1, 0.15) is 11.6 Å². The van der Waals surface area contributed by atoms with Crippen LogP contribution in [-0.2, 0) is 17.8 Å². The first kappa shape index (κ1) is 18.4. The maximum atomic E-state index is 12.2. The Morgan fingerprint density at radius 3 is 3.04 bits per heavy atom. The molecule has 7 heteroatoms. The zero-order valence-corrected chi connectivity index (χ0v) is 15.4. The van der Waals surface area contributed by atoms with Crippen LogP contribution in [0.5, 0.6) is 0 Å². The van der Waals surface area contributed by atoms with Crippen molar-refractivity contribution in [1.29, 1.82) is 0 Å². The van der Waals surface area contributed by atoms with E-state index in [4.69, 9.17) is 4.52 Å². The monoisotopic (exact) mass is 358 g/mol. The second-order valence-corrected chi connectivity index (χ2v) is 6.81. The van der Waals surface area contributed by atoms with E-state index in [9.17, 15) is 9.90 Å². The summed E-state index contributed by atoms with van der Waals surface area (Å²) in [5.74, 6) is 1.60. The summed E-state index contributed by atoms with van der Waals surface area (Å²) >= 11 is 0. The molecule has 0 radical (unpaired) electrons. The quantitative estimate of drug-likeness (QED) is 0.819. The first-order valence-corrected chi connectivity index (χ1v) is 9.10. The van der Waals surface area contributed by atoms with Crippen molar-refractivity contribution in [2.75, 3.05) is 18.0 Å². The number of aliphatic hydroxyl groups excluding tert-OH is 1. The van der Waals surface area contributed by atoms with Crippen molar-refractivity contribution < 1.29 is 14.4 Å². The van der Waals surface area contributed by atoms with E-state index in [1.165, 1.54) is 0 Å². The maximum absolute atomic E-state index is 12.2. The molecule has 7 nitrogen and oxygen atoms in total. The van der Waals surface area contributed by atoms with Crippen LogP contribution in [0.3, 0.4) is 0 Å². The van der Waals surface area contributed by atoms with Gasteiger partial charge >= 0.3 is 0 Å². The van der Waals surface area contributed by atoms with Crippen molar-refractivity contribution in [3.8, 4) is 0 Å². The molecule has 3 rings (SSSR count). The highest BCUT2D eigenvalue weighted by Crippen LogP contribution is 2.22. The Hall–Kier alpha value is -2.41. The summed E-state index contributed by atoms with van der Waals surface area (Å²) in [7, 11) is 0. The van der Waals surface area contributed by atoms with Crippen LogP contribution in [0, 0.1) is 13.8 Å². The van der Waals surface area contributed by atoms with Gasteiger partial charge < -0.3 is 19.8 Å². The Morgan fingerprint density at radius 2 is 2.31 bits per heavy atom. The summed E-state index contributed by atoms with van der Waals surface area (Å²) in [5, 5.41) is 16.8. The number of aliphatic hydroxyl groups is 1. The summed E-state index contributed by atoms with van der Waals surface area (Å²) in [6.45, 7) is 5.64. The van der Waals surface area contributed by atoms with Gasteiger partial charge in [0.15, 0.2) is 0 Å². The van der Waals surface area contributed by atoms with Crippen molar-refractivity contribution in [3.05, 3.63) is 40.9 Å². The van der Waals surface area contributed by atoms with E-state index in [1.807, 2.05) is 26.0 Å². The lowest BCUT2D eigenvalue weighted by atomic mass is 10.1. The SMILES string of the molecule is Cc1noc(C)c1CCC(=O)NCc1cccnc1N1CCC[C@@H](O)C1. The first-order chi connectivity index (χ1) is 12.5. The van der Waals surface area contributed by atoms with Gasteiger partial charge in [0, 0.05) is 43.4 Å². The molecule has 0 unspecified atom stereocenters. The highest BCUT2D eigenvalue weighted by atomic mass is 16.5. The molecule has 0 saturated carbocycles. The standard InChI is InChI=1S/C19H26N4O3/c1-13-17(14(2)26-22-13)7-8-18(25)21-11-15-5-3-9-20-19(15)23-10-4-6-16(24)12-23/h3,5,9,16,24H,4,6-8,10-12H2,1-2H3,(H,21,25)/t16-/m1/s1. The van der Waals surface area contributed by atoms with Crippen LogP contribution in [-0.4, -0.2) is 40.3 Å². The van der Waals surface area contributed by atoms with Crippen LogP contribution < -0.4 is 10.2 Å². The Balaban J connectivity index is 1.57. The van der Waals surface area contributed by atoms with Crippen LogP contribution in [0.2, 0.25) is 0 Å². The van der Waals surface area contributed by atoms with Crippen molar-refractivity contribution >= 4 is 11.7 Å². The van der Waals surface area contributed by atoms with Gasteiger partial charge in [-0.3, -0.25) is 4.79 Å². The molecule has 2 aromatic heterocycles. The first-order valence-electron chi connectivity index (χ1n) is 9.10. The molecule has 140 valence electrons. The number of nitrogens with one attached hydrogen (secondary N) is 1. The van der Waals surface area contributed by atoms with Gasteiger partial charge in [-0.1, -0.05) is 11.2 Å². The number of hydrogen-bond acceptors (Lipinski definition) is 6. The average Bonchev–Trinajstić information content (AvgIpc) is 2.96. The molecule has 0 aliphatic carbocycles. The number of carbonyl (C=O) groups excluding carboxylic acids is 1. The number of amides is 1. The lowest BCUT2D eigenvalue weighted by molar-refractivity contribution is -0.121. The van der Waals surface area contributed by atoms with Crippen molar-refractivity contribution in [3.63, 3.8) is 0 Å². The third-order valence-corrected chi connectivity index (χ3v) is 4.82. The molecule has 0 aromatic carbocycles. The van der Waals surface area contributed by atoms with Crippen molar-refractivity contribution in [1.82, 2.24) is 15.5 Å². The van der Waals surface area contributed by atoms with Gasteiger partial charge in [-0.15, -0.1) is 0 Å². The molecule has 1 amide bonds. The second kappa shape index (κ2) is 8.31. The summed E-state index contributed by atoms with van der Waals surface area (Å²) in [6.07, 6.45) is 4.21. The van der Waals surface area contributed by atoms with E-state index in [2.05, 4.69) is 20.4 Å². The largest absolute Gasteiger partial charge is 0.391 e. The lowest BCUT2D eigenvalue weighted by Gasteiger charge is -2.32. The molecule has 1 atom stereocenters. The Bertz CT molecular complexity index is 739. The highest BCUT2D eigenvalue weighted by Gasteiger charge is 2.21. The molecule has 0 spiro atoms. The van der Waals surface area contributed by atoms with Gasteiger partial charge in [-0.2, -0.15) is 0 Å². The van der Waals surface area contributed by atoms with Gasteiger partial charge in [0.2, 0.25) is 5.91 Å². The van der Waals surface area contributed by atoms with E-state index in [1.54, 1.807) is 6.20 Å². The van der Waals surface area contributed by atoms with Crippen molar-refractivity contribution in [2.24, 2.45) is 0 Å². The third kappa shape index (κ3) is 4.40.